The third kappa shape index (κ3) is 2.14. The highest BCUT2D eigenvalue weighted by atomic mass is 35.5. The van der Waals surface area contributed by atoms with Crippen molar-refractivity contribution < 1.29 is 0 Å². The van der Waals surface area contributed by atoms with Crippen molar-refractivity contribution in [3.63, 3.8) is 0 Å². The van der Waals surface area contributed by atoms with Crippen molar-refractivity contribution in [3.05, 3.63) is 0 Å². The highest BCUT2D eigenvalue weighted by Crippen LogP contribution is 2.37. The maximum Gasteiger partial charge on any atom is 0.0223 e. The summed E-state index contributed by atoms with van der Waals surface area (Å²) in [4.78, 5) is 2.32. The van der Waals surface area contributed by atoms with Crippen LogP contribution in [-0.2, 0) is 0 Å². The van der Waals surface area contributed by atoms with Gasteiger partial charge in [0.15, 0.2) is 0 Å². The standard InChI is InChI=1S/C8H16ClN/c1-10(2)8-6-7(8)4-3-5-9/h7-8H,3-6H2,1-2H3. The average Bonchev–Trinajstić information content (AvgIpc) is 2.62. The molecular weight excluding hydrogens is 146 g/mol. The second kappa shape index (κ2) is 3.59. The number of rotatable bonds is 4. The molecule has 1 aliphatic carbocycles. The van der Waals surface area contributed by atoms with Gasteiger partial charge in [-0.05, 0) is 39.3 Å². The fraction of sp³-hybridized carbons (Fsp3) is 1.00. The molecule has 1 aliphatic rings. The van der Waals surface area contributed by atoms with E-state index in [2.05, 4.69) is 19.0 Å². The molecule has 0 aliphatic heterocycles. The molecule has 1 rings (SSSR count). The van der Waals surface area contributed by atoms with Crippen LogP contribution in [0.15, 0.2) is 0 Å². The van der Waals surface area contributed by atoms with E-state index in [1.165, 1.54) is 19.3 Å². The Balaban J connectivity index is 2.02. The van der Waals surface area contributed by atoms with Crippen LogP contribution in [0.4, 0.5) is 0 Å². The van der Waals surface area contributed by atoms with Gasteiger partial charge in [0.25, 0.3) is 0 Å². The van der Waals surface area contributed by atoms with Gasteiger partial charge in [-0.25, -0.2) is 0 Å². The maximum atomic E-state index is 5.59. The minimum absolute atomic E-state index is 0.830. The summed E-state index contributed by atoms with van der Waals surface area (Å²) >= 11 is 5.59. The molecule has 0 heterocycles. The second-order valence-corrected chi connectivity index (χ2v) is 3.74. The molecule has 2 atom stereocenters. The van der Waals surface area contributed by atoms with E-state index in [0.29, 0.717) is 0 Å². The van der Waals surface area contributed by atoms with E-state index in [-0.39, 0.29) is 0 Å². The monoisotopic (exact) mass is 161 g/mol. The number of hydrogen-bond acceptors (Lipinski definition) is 1. The summed E-state index contributed by atoms with van der Waals surface area (Å²) in [7, 11) is 4.32. The first kappa shape index (κ1) is 8.35. The lowest BCUT2D eigenvalue weighted by molar-refractivity contribution is 0.372. The summed E-state index contributed by atoms with van der Waals surface area (Å²) in [6, 6.07) is 0.864. The Hall–Kier alpha value is 0.250. The van der Waals surface area contributed by atoms with Crippen LogP contribution in [0, 0.1) is 5.92 Å². The van der Waals surface area contributed by atoms with Crippen molar-refractivity contribution in [2.24, 2.45) is 5.92 Å². The van der Waals surface area contributed by atoms with Gasteiger partial charge in [-0.15, -0.1) is 11.6 Å². The molecule has 0 amide bonds. The molecule has 1 nitrogen and oxygen atoms in total. The van der Waals surface area contributed by atoms with Crippen LogP contribution in [-0.4, -0.2) is 30.9 Å². The summed E-state index contributed by atoms with van der Waals surface area (Å²) in [6.07, 6.45) is 3.91. The molecule has 0 saturated heterocycles. The fourth-order valence-electron chi connectivity index (χ4n) is 1.51. The molecule has 1 saturated carbocycles. The van der Waals surface area contributed by atoms with Gasteiger partial charge in [-0.3, -0.25) is 0 Å². The lowest BCUT2D eigenvalue weighted by Gasteiger charge is -2.07. The van der Waals surface area contributed by atoms with Crippen molar-refractivity contribution in [1.82, 2.24) is 4.90 Å². The predicted molar refractivity (Wildman–Crippen MR) is 45.5 cm³/mol. The molecule has 0 N–H and O–H groups in total. The van der Waals surface area contributed by atoms with Gasteiger partial charge < -0.3 is 4.90 Å². The molecule has 0 aromatic carbocycles. The summed E-state index contributed by atoms with van der Waals surface area (Å²) in [5.74, 6) is 1.78. The largest absolute Gasteiger partial charge is 0.306 e. The van der Waals surface area contributed by atoms with E-state index < -0.39 is 0 Å². The minimum atomic E-state index is 0.830. The smallest absolute Gasteiger partial charge is 0.0223 e. The number of alkyl halides is 1. The van der Waals surface area contributed by atoms with Crippen LogP contribution in [0.1, 0.15) is 19.3 Å². The normalized spacial score (nSPS) is 31.2. The molecule has 0 spiro atoms. The third-order valence-electron chi connectivity index (χ3n) is 2.26. The van der Waals surface area contributed by atoms with Crippen molar-refractivity contribution >= 4 is 11.6 Å². The van der Waals surface area contributed by atoms with Gasteiger partial charge in [0.1, 0.15) is 0 Å². The van der Waals surface area contributed by atoms with E-state index in [1.54, 1.807) is 0 Å². The summed E-state index contributed by atoms with van der Waals surface area (Å²) in [5.41, 5.74) is 0. The minimum Gasteiger partial charge on any atom is -0.306 e. The van der Waals surface area contributed by atoms with Crippen LogP contribution in [0.2, 0.25) is 0 Å². The number of hydrogen-bond donors (Lipinski definition) is 0. The lowest BCUT2D eigenvalue weighted by Crippen LogP contribution is -2.15. The third-order valence-corrected chi connectivity index (χ3v) is 2.52. The van der Waals surface area contributed by atoms with Crippen molar-refractivity contribution in [3.8, 4) is 0 Å². The first-order valence-corrected chi connectivity index (χ1v) is 4.51. The fourth-order valence-corrected chi connectivity index (χ4v) is 1.67. The van der Waals surface area contributed by atoms with Crippen LogP contribution in [0.5, 0.6) is 0 Å². The highest BCUT2D eigenvalue weighted by molar-refractivity contribution is 6.17. The highest BCUT2D eigenvalue weighted by Gasteiger charge is 2.37. The quantitative estimate of drug-likeness (QED) is 0.570. The van der Waals surface area contributed by atoms with E-state index in [9.17, 15) is 0 Å². The Morgan fingerprint density at radius 2 is 2.20 bits per heavy atom. The molecule has 0 aromatic rings. The molecule has 0 radical (unpaired) electrons. The van der Waals surface area contributed by atoms with Gasteiger partial charge in [0.2, 0.25) is 0 Å². The Morgan fingerprint density at radius 3 is 2.60 bits per heavy atom. The lowest BCUT2D eigenvalue weighted by atomic mass is 10.2. The Bertz CT molecular complexity index is 103. The zero-order valence-electron chi connectivity index (χ0n) is 6.81. The van der Waals surface area contributed by atoms with Gasteiger partial charge in [0.05, 0.1) is 0 Å². The Morgan fingerprint density at radius 1 is 1.50 bits per heavy atom. The van der Waals surface area contributed by atoms with Crippen molar-refractivity contribution in [2.45, 2.75) is 25.3 Å². The van der Waals surface area contributed by atoms with Gasteiger partial charge in [-0.2, -0.15) is 0 Å². The molecule has 10 heavy (non-hydrogen) atoms. The van der Waals surface area contributed by atoms with Gasteiger partial charge >= 0.3 is 0 Å². The first-order chi connectivity index (χ1) is 4.75. The zero-order chi connectivity index (χ0) is 7.56. The van der Waals surface area contributed by atoms with Crippen molar-refractivity contribution in [2.75, 3.05) is 20.0 Å². The summed E-state index contributed by atoms with van der Waals surface area (Å²) < 4.78 is 0. The van der Waals surface area contributed by atoms with E-state index in [1.807, 2.05) is 0 Å². The van der Waals surface area contributed by atoms with Crippen molar-refractivity contribution in [1.29, 1.82) is 0 Å². The van der Waals surface area contributed by atoms with E-state index in [0.717, 1.165) is 17.8 Å². The number of halogens is 1. The Labute approximate surface area is 68.4 Å². The van der Waals surface area contributed by atoms with Crippen LogP contribution in [0.25, 0.3) is 0 Å². The average molecular weight is 162 g/mol. The molecular formula is C8H16ClN. The zero-order valence-corrected chi connectivity index (χ0v) is 7.56. The molecule has 2 heteroatoms. The molecule has 2 unspecified atom stereocenters. The molecule has 0 bridgehead atoms. The van der Waals surface area contributed by atoms with Crippen LogP contribution in [0.3, 0.4) is 0 Å². The first-order valence-electron chi connectivity index (χ1n) is 3.98. The van der Waals surface area contributed by atoms with Crippen LogP contribution < -0.4 is 0 Å². The van der Waals surface area contributed by atoms with E-state index >= 15 is 0 Å². The molecule has 0 aromatic heterocycles. The Kier molecular flexibility index (Phi) is 2.99. The summed E-state index contributed by atoms with van der Waals surface area (Å²) in [6.45, 7) is 0. The van der Waals surface area contributed by atoms with Crippen LogP contribution >= 0.6 is 11.6 Å². The molecule has 60 valence electrons. The van der Waals surface area contributed by atoms with Gasteiger partial charge in [0, 0.05) is 11.9 Å². The molecule has 1 fully saturated rings. The predicted octanol–water partition coefficient (Wildman–Crippen LogP) is 1.96. The maximum absolute atomic E-state index is 5.59. The second-order valence-electron chi connectivity index (χ2n) is 3.36. The topological polar surface area (TPSA) is 3.24 Å². The number of nitrogens with zero attached hydrogens (tertiary/aromatic N) is 1. The van der Waals surface area contributed by atoms with E-state index in [4.69, 9.17) is 11.6 Å². The summed E-state index contributed by atoms with van der Waals surface area (Å²) in [5, 5.41) is 0. The van der Waals surface area contributed by atoms with Gasteiger partial charge in [-0.1, -0.05) is 0 Å². The SMILES string of the molecule is CN(C)C1CC1CCCCl.